The molecule has 4 fully saturated rings. The summed E-state index contributed by atoms with van der Waals surface area (Å²) in [6.45, 7) is 4.63. The lowest BCUT2D eigenvalue weighted by Gasteiger charge is -2.40. The van der Waals surface area contributed by atoms with Crippen LogP contribution in [0.5, 0.6) is 17.6 Å². The first-order chi connectivity index (χ1) is 21.9. The molecule has 4 saturated heterocycles. The van der Waals surface area contributed by atoms with Crippen LogP contribution in [-0.4, -0.2) is 87.6 Å². The predicted octanol–water partition coefficient (Wildman–Crippen LogP) is 4.91. The van der Waals surface area contributed by atoms with E-state index in [1.807, 2.05) is 25.1 Å². The van der Waals surface area contributed by atoms with Crippen LogP contribution in [0.1, 0.15) is 44.6 Å². The number of alkyl halides is 1. The topological polar surface area (TPSA) is 95.9 Å². The van der Waals surface area contributed by atoms with Crippen molar-refractivity contribution in [2.75, 3.05) is 37.7 Å². The van der Waals surface area contributed by atoms with E-state index in [2.05, 4.69) is 20.1 Å². The molecule has 0 spiro atoms. The van der Waals surface area contributed by atoms with E-state index >= 15 is 4.39 Å². The Bertz CT molecular complexity index is 1860. The summed E-state index contributed by atoms with van der Waals surface area (Å²) in [6.07, 6.45) is 4.18. The van der Waals surface area contributed by atoms with Crippen molar-refractivity contribution in [3.8, 4) is 28.9 Å². The molecule has 5 aliphatic heterocycles. The summed E-state index contributed by atoms with van der Waals surface area (Å²) in [5.74, 6) is 0.240. The summed E-state index contributed by atoms with van der Waals surface area (Å²) >= 11 is 0. The van der Waals surface area contributed by atoms with E-state index in [9.17, 15) is 9.50 Å². The largest absolute Gasteiger partial charge is 0.508 e. The highest BCUT2D eigenvalue weighted by Crippen LogP contribution is 2.45. The molecule has 9 nitrogen and oxygen atoms in total. The third kappa shape index (κ3) is 4.19. The number of halogens is 2. The molecule has 0 saturated carbocycles. The van der Waals surface area contributed by atoms with E-state index in [-0.39, 0.29) is 47.5 Å². The third-order valence-electron chi connectivity index (χ3n) is 10.8. The van der Waals surface area contributed by atoms with Gasteiger partial charge in [0.2, 0.25) is 5.88 Å². The summed E-state index contributed by atoms with van der Waals surface area (Å²) in [5.41, 5.74) is 1.24. The first-order valence-corrected chi connectivity index (χ1v) is 16.2. The van der Waals surface area contributed by atoms with E-state index < -0.39 is 17.5 Å². The van der Waals surface area contributed by atoms with Crippen molar-refractivity contribution >= 4 is 27.5 Å². The lowest BCUT2D eigenvalue weighted by Crippen LogP contribution is -2.60. The molecule has 4 aromatic rings. The summed E-state index contributed by atoms with van der Waals surface area (Å²) in [4.78, 5) is 18.8. The van der Waals surface area contributed by atoms with Gasteiger partial charge in [-0.3, -0.25) is 4.90 Å². The molecule has 7 heterocycles. The smallest absolute Gasteiger partial charge is 0.319 e. The standard InChI is InChI=1S/C34H36F2N6O3/c1-2-18-5-3-6-19-11-22(43)12-23(26(18)19)29-28(36)30-27-31(42-15-21-7-8-24(37-21)25(42)16-44-32(27)38-29)40-33(39-30)45-17-34-9-4-10-41(34)14-20(35)13-34/h3,5-6,11-12,20-21,24-25,37,43H,2,4,7-10,13-17H2,1H3/t20-,21?,24-,25-,34+/m0/s1. The molecule has 2 aromatic carbocycles. The first-order valence-electron chi connectivity index (χ1n) is 16.2. The second-order valence-corrected chi connectivity index (χ2v) is 13.4. The van der Waals surface area contributed by atoms with Crippen LogP contribution in [-0.2, 0) is 6.42 Å². The number of aromatic nitrogens is 3. The third-order valence-corrected chi connectivity index (χ3v) is 10.8. The van der Waals surface area contributed by atoms with Gasteiger partial charge in [-0.25, -0.2) is 13.8 Å². The number of anilines is 1. The molecule has 234 valence electrons. The Morgan fingerprint density at radius 2 is 2.07 bits per heavy atom. The Kier molecular flexibility index (Phi) is 6.16. The molecule has 45 heavy (non-hydrogen) atoms. The molecule has 9 rings (SSSR count). The lowest BCUT2D eigenvalue weighted by molar-refractivity contribution is 0.107. The minimum Gasteiger partial charge on any atom is -0.508 e. The number of phenols is 1. The van der Waals surface area contributed by atoms with Crippen LogP contribution in [0.25, 0.3) is 32.9 Å². The molecule has 11 heteroatoms. The Labute approximate surface area is 259 Å². The van der Waals surface area contributed by atoms with Gasteiger partial charge >= 0.3 is 6.01 Å². The summed E-state index contributed by atoms with van der Waals surface area (Å²) in [7, 11) is 0. The highest BCUT2D eigenvalue weighted by atomic mass is 19.1. The summed E-state index contributed by atoms with van der Waals surface area (Å²) in [5, 5.41) is 16.5. The van der Waals surface area contributed by atoms with Crippen LogP contribution in [0.2, 0.25) is 0 Å². The first kappa shape index (κ1) is 27.5. The van der Waals surface area contributed by atoms with Gasteiger partial charge in [0.25, 0.3) is 0 Å². The maximum Gasteiger partial charge on any atom is 0.319 e. The van der Waals surface area contributed by atoms with Gasteiger partial charge in [0, 0.05) is 37.2 Å². The van der Waals surface area contributed by atoms with Gasteiger partial charge in [-0.1, -0.05) is 25.1 Å². The van der Waals surface area contributed by atoms with Gasteiger partial charge in [-0.05, 0) is 67.1 Å². The number of fused-ring (bicyclic) bond motifs is 7. The van der Waals surface area contributed by atoms with E-state index in [1.54, 1.807) is 12.1 Å². The van der Waals surface area contributed by atoms with E-state index in [0.717, 1.165) is 55.0 Å². The fourth-order valence-electron chi connectivity index (χ4n) is 8.78. The zero-order valence-electron chi connectivity index (χ0n) is 25.2. The summed E-state index contributed by atoms with van der Waals surface area (Å²) < 4.78 is 44.3. The normalized spacial score (nSPS) is 28.7. The highest BCUT2D eigenvalue weighted by Gasteiger charge is 2.50. The van der Waals surface area contributed by atoms with E-state index in [0.29, 0.717) is 48.9 Å². The second-order valence-electron chi connectivity index (χ2n) is 13.4. The minimum absolute atomic E-state index is 0.0187. The zero-order chi connectivity index (χ0) is 30.4. The van der Waals surface area contributed by atoms with Crippen LogP contribution in [0, 0.1) is 5.82 Å². The molecule has 2 bridgehead atoms. The number of ether oxygens (including phenoxy) is 2. The number of hydrogen-bond donors (Lipinski definition) is 2. The molecular formula is C34H36F2N6O3. The molecule has 2 aromatic heterocycles. The number of benzene rings is 2. The number of piperazine rings is 1. The van der Waals surface area contributed by atoms with Crippen molar-refractivity contribution in [1.29, 1.82) is 0 Å². The van der Waals surface area contributed by atoms with E-state index in [4.69, 9.17) is 19.4 Å². The number of nitrogens with one attached hydrogen (secondary N) is 1. The fourth-order valence-corrected chi connectivity index (χ4v) is 8.78. The maximum absolute atomic E-state index is 17.0. The quantitative estimate of drug-likeness (QED) is 0.325. The monoisotopic (exact) mass is 614 g/mol. The number of hydrogen-bond acceptors (Lipinski definition) is 9. The van der Waals surface area contributed by atoms with Gasteiger partial charge in [0.15, 0.2) is 5.82 Å². The number of pyridine rings is 1. The van der Waals surface area contributed by atoms with Gasteiger partial charge < -0.3 is 24.8 Å². The van der Waals surface area contributed by atoms with Crippen molar-refractivity contribution in [3.05, 3.63) is 41.7 Å². The Morgan fingerprint density at radius 1 is 1.16 bits per heavy atom. The molecular weight excluding hydrogens is 578 g/mol. The SMILES string of the molecule is CCc1cccc2cc(O)cc(-c3nc4c5c(nc(OC[C@]67CCCN6C[C@@H](F)C7)nc5c3F)N3CC5CC[C@H](N5)[C@@H]3CO4)c12. The maximum atomic E-state index is 17.0. The number of rotatable bonds is 5. The van der Waals surface area contributed by atoms with Gasteiger partial charge in [-0.15, -0.1) is 0 Å². The Hall–Kier alpha value is -3.83. The predicted molar refractivity (Wildman–Crippen MR) is 166 cm³/mol. The molecule has 0 radical (unpaired) electrons. The van der Waals surface area contributed by atoms with Gasteiger partial charge in [-0.2, -0.15) is 9.97 Å². The van der Waals surface area contributed by atoms with Gasteiger partial charge in [0.05, 0.1) is 11.6 Å². The van der Waals surface area contributed by atoms with Crippen LogP contribution >= 0.6 is 0 Å². The average molecular weight is 615 g/mol. The Morgan fingerprint density at radius 3 is 2.96 bits per heavy atom. The molecule has 2 N–H and O–H groups in total. The fraction of sp³-hybridized carbons (Fsp3) is 0.500. The number of nitrogens with zero attached hydrogens (tertiary/aromatic N) is 5. The number of aromatic hydroxyl groups is 1. The van der Waals surface area contributed by atoms with Crippen molar-refractivity contribution < 1.29 is 23.4 Å². The zero-order valence-corrected chi connectivity index (χ0v) is 25.2. The van der Waals surface area contributed by atoms with Crippen molar-refractivity contribution in [2.45, 2.75) is 75.3 Å². The van der Waals surface area contributed by atoms with Crippen LogP contribution in [0.4, 0.5) is 14.6 Å². The number of phenolic OH excluding ortho intramolecular Hbond substituents is 1. The summed E-state index contributed by atoms with van der Waals surface area (Å²) in [6, 6.07) is 9.68. The molecule has 0 aliphatic carbocycles. The van der Waals surface area contributed by atoms with Crippen LogP contribution in [0.3, 0.4) is 0 Å². The van der Waals surface area contributed by atoms with Crippen LogP contribution < -0.4 is 19.7 Å². The minimum atomic E-state index is -0.885. The molecule has 1 unspecified atom stereocenters. The van der Waals surface area contributed by atoms with Crippen molar-refractivity contribution in [3.63, 3.8) is 0 Å². The van der Waals surface area contributed by atoms with Crippen LogP contribution in [0.15, 0.2) is 30.3 Å². The Balaban J connectivity index is 1.24. The van der Waals surface area contributed by atoms with Gasteiger partial charge in [0.1, 0.15) is 47.5 Å². The molecule has 5 atom stereocenters. The highest BCUT2D eigenvalue weighted by molar-refractivity contribution is 6.03. The number of aryl methyl sites for hydroxylation is 1. The second kappa shape index (κ2) is 10.1. The lowest BCUT2D eigenvalue weighted by atomic mass is 9.95. The van der Waals surface area contributed by atoms with Crippen molar-refractivity contribution in [2.24, 2.45) is 0 Å². The average Bonchev–Trinajstić information content (AvgIpc) is 3.67. The van der Waals surface area contributed by atoms with Crippen molar-refractivity contribution in [1.82, 2.24) is 25.2 Å². The van der Waals surface area contributed by atoms with E-state index in [1.165, 1.54) is 0 Å². The molecule has 5 aliphatic rings. The molecule has 0 amide bonds.